The van der Waals surface area contributed by atoms with Gasteiger partial charge in [0, 0.05) is 30.4 Å². The van der Waals surface area contributed by atoms with Crippen LogP contribution in [0.15, 0.2) is 101 Å². The molecule has 0 spiro atoms. The molecule has 0 radical (unpaired) electrons. The molecule has 1 fully saturated rings. The zero-order valence-electron chi connectivity index (χ0n) is 19.1. The molecule has 1 saturated heterocycles. The van der Waals surface area contributed by atoms with Crippen molar-refractivity contribution in [2.45, 2.75) is 12.5 Å². The van der Waals surface area contributed by atoms with Crippen molar-refractivity contribution in [2.75, 3.05) is 26.3 Å². The summed E-state index contributed by atoms with van der Waals surface area (Å²) in [5.74, 6) is 0. The smallest absolute Gasteiger partial charge is 0.332 e. The number of aromatic amines is 1. The van der Waals surface area contributed by atoms with Crippen LogP contribution in [0.4, 0.5) is 0 Å². The van der Waals surface area contributed by atoms with Gasteiger partial charge in [-0.25, -0.2) is 4.79 Å². The average molecular weight is 454 g/mol. The topological polar surface area (TPSA) is 67.3 Å². The average Bonchev–Trinajstić information content (AvgIpc) is 2.89. The molecule has 0 atom stereocenters. The molecule has 0 unspecified atom stereocenters. The summed E-state index contributed by atoms with van der Waals surface area (Å²) in [4.78, 5) is 30.0. The maximum absolute atomic E-state index is 13.0. The Hall–Kier alpha value is -3.74. The van der Waals surface area contributed by atoms with Gasteiger partial charge in [0.2, 0.25) is 0 Å². The largest absolute Gasteiger partial charge is 0.379 e. The van der Waals surface area contributed by atoms with E-state index in [1.807, 2.05) is 54.6 Å². The van der Waals surface area contributed by atoms with Crippen molar-refractivity contribution >= 4 is 0 Å². The number of H-pyrrole nitrogens is 1. The molecule has 1 aliphatic heterocycles. The lowest BCUT2D eigenvalue weighted by Crippen LogP contribution is -2.53. The molecular formula is C28H27N3O3. The van der Waals surface area contributed by atoms with E-state index in [2.05, 4.69) is 40.2 Å². The molecule has 0 saturated carbocycles. The van der Waals surface area contributed by atoms with Crippen LogP contribution in [0.3, 0.4) is 0 Å². The molecule has 5 rings (SSSR count). The van der Waals surface area contributed by atoms with Crippen molar-refractivity contribution in [3.63, 3.8) is 0 Å². The van der Waals surface area contributed by atoms with Crippen LogP contribution in [-0.4, -0.2) is 40.8 Å². The molecule has 2 heterocycles. The van der Waals surface area contributed by atoms with E-state index in [-0.39, 0.29) is 5.56 Å². The van der Waals surface area contributed by atoms with Gasteiger partial charge in [-0.1, -0.05) is 78.9 Å². The van der Waals surface area contributed by atoms with E-state index in [4.69, 9.17) is 4.74 Å². The van der Waals surface area contributed by atoms with Crippen LogP contribution in [-0.2, 0) is 10.3 Å². The van der Waals surface area contributed by atoms with E-state index in [1.54, 1.807) is 17.7 Å². The number of ether oxygens (including phenoxy) is 1. The summed E-state index contributed by atoms with van der Waals surface area (Å²) in [6, 6.07) is 28.7. The monoisotopic (exact) mass is 453 g/mol. The number of rotatable bonds is 5. The molecule has 0 bridgehead atoms. The molecule has 172 valence electrons. The number of morpholine rings is 1. The van der Waals surface area contributed by atoms with E-state index in [0.29, 0.717) is 18.8 Å². The number of nitrogens with zero attached hydrogens (tertiary/aromatic N) is 2. The number of aromatic nitrogens is 2. The van der Waals surface area contributed by atoms with Crippen LogP contribution in [0.2, 0.25) is 0 Å². The Kier molecular flexibility index (Phi) is 6.01. The van der Waals surface area contributed by atoms with Crippen molar-refractivity contribution < 1.29 is 4.74 Å². The Balaban J connectivity index is 1.89. The van der Waals surface area contributed by atoms with Crippen LogP contribution in [0, 0.1) is 6.92 Å². The third kappa shape index (κ3) is 3.71. The van der Waals surface area contributed by atoms with Gasteiger partial charge in [0.25, 0.3) is 5.56 Å². The molecule has 3 aromatic carbocycles. The third-order valence-corrected chi connectivity index (χ3v) is 6.54. The second-order valence-corrected chi connectivity index (χ2v) is 8.50. The van der Waals surface area contributed by atoms with Gasteiger partial charge in [-0.2, -0.15) is 0 Å². The maximum Gasteiger partial charge on any atom is 0.332 e. The van der Waals surface area contributed by atoms with Gasteiger partial charge in [0.1, 0.15) is 0 Å². The van der Waals surface area contributed by atoms with Crippen molar-refractivity contribution in [1.29, 1.82) is 0 Å². The normalized spacial score (nSPS) is 14.7. The van der Waals surface area contributed by atoms with E-state index in [9.17, 15) is 9.59 Å². The first-order valence-electron chi connectivity index (χ1n) is 11.5. The minimum Gasteiger partial charge on any atom is -0.379 e. The van der Waals surface area contributed by atoms with Crippen LogP contribution in [0.25, 0.3) is 5.69 Å². The SMILES string of the molecule is Cc1cn(-c2ccccc2C(c2ccccc2)(c2ccccc2)N2CCOCC2)c(=O)[nH]c1=O. The van der Waals surface area contributed by atoms with E-state index in [1.165, 1.54) is 0 Å². The fraction of sp³-hybridized carbons (Fsp3) is 0.214. The predicted octanol–water partition coefficient (Wildman–Crippen LogP) is 3.46. The quantitative estimate of drug-likeness (QED) is 0.470. The molecule has 4 aromatic rings. The molecule has 1 aliphatic rings. The van der Waals surface area contributed by atoms with Gasteiger partial charge in [0.05, 0.1) is 24.4 Å². The fourth-order valence-electron chi connectivity index (χ4n) is 5.01. The molecule has 1 N–H and O–H groups in total. The summed E-state index contributed by atoms with van der Waals surface area (Å²) in [7, 11) is 0. The highest BCUT2D eigenvalue weighted by Gasteiger charge is 2.44. The second-order valence-electron chi connectivity index (χ2n) is 8.50. The predicted molar refractivity (Wildman–Crippen MR) is 133 cm³/mol. The Bertz CT molecular complexity index is 1350. The molecular weight excluding hydrogens is 426 g/mol. The molecule has 6 nitrogen and oxygen atoms in total. The Morgan fingerprint density at radius 2 is 1.35 bits per heavy atom. The van der Waals surface area contributed by atoms with Gasteiger partial charge < -0.3 is 4.74 Å². The van der Waals surface area contributed by atoms with E-state index in [0.717, 1.165) is 35.5 Å². The first kappa shape index (κ1) is 22.1. The summed E-state index contributed by atoms with van der Waals surface area (Å²) in [5.41, 5.74) is 2.87. The first-order valence-corrected chi connectivity index (χ1v) is 11.5. The summed E-state index contributed by atoms with van der Waals surface area (Å²) in [6.07, 6.45) is 1.63. The van der Waals surface area contributed by atoms with Gasteiger partial charge in [-0.05, 0) is 24.1 Å². The number of hydrogen-bond acceptors (Lipinski definition) is 4. The molecule has 1 aromatic heterocycles. The van der Waals surface area contributed by atoms with E-state index >= 15 is 0 Å². The standard InChI is InChI=1S/C28H27N3O3/c1-21-20-31(27(33)29-26(21)32)25-15-9-8-14-24(25)28(22-10-4-2-5-11-22,23-12-6-3-7-13-23)30-16-18-34-19-17-30/h2-15,20H,16-19H2,1H3,(H,29,32,33). The highest BCUT2D eigenvalue weighted by Crippen LogP contribution is 2.44. The lowest BCUT2D eigenvalue weighted by atomic mass is 9.74. The van der Waals surface area contributed by atoms with Crippen LogP contribution in [0.5, 0.6) is 0 Å². The van der Waals surface area contributed by atoms with Crippen LogP contribution < -0.4 is 11.2 Å². The number of hydrogen-bond donors (Lipinski definition) is 1. The second kappa shape index (κ2) is 9.25. The van der Waals surface area contributed by atoms with Gasteiger partial charge >= 0.3 is 5.69 Å². The zero-order chi connectivity index (χ0) is 23.5. The zero-order valence-corrected chi connectivity index (χ0v) is 19.1. The molecule has 0 amide bonds. The van der Waals surface area contributed by atoms with Crippen LogP contribution >= 0.6 is 0 Å². The number of nitrogens with one attached hydrogen (secondary N) is 1. The highest BCUT2D eigenvalue weighted by atomic mass is 16.5. The molecule has 0 aliphatic carbocycles. The third-order valence-electron chi connectivity index (χ3n) is 6.54. The van der Waals surface area contributed by atoms with Crippen molar-refractivity contribution in [3.05, 3.63) is 134 Å². The Morgan fingerprint density at radius 3 is 1.97 bits per heavy atom. The van der Waals surface area contributed by atoms with Crippen LogP contribution in [0.1, 0.15) is 22.3 Å². The lowest BCUT2D eigenvalue weighted by Gasteiger charge is -2.47. The fourth-order valence-corrected chi connectivity index (χ4v) is 5.01. The van der Waals surface area contributed by atoms with Crippen molar-refractivity contribution in [3.8, 4) is 5.69 Å². The minimum absolute atomic E-state index is 0.371. The Labute approximate surface area is 198 Å². The lowest BCUT2D eigenvalue weighted by molar-refractivity contribution is 0.00225. The van der Waals surface area contributed by atoms with Gasteiger partial charge in [-0.3, -0.25) is 19.2 Å². The summed E-state index contributed by atoms with van der Waals surface area (Å²) in [5, 5.41) is 0. The number of benzene rings is 3. The molecule has 34 heavy (non-hydrogen) atoms. The van der Waals surface area contributed by atoms with Gasteiger partial charge in [-0.15, -0.1) is 0 Å². The van der Waals surface area contributed by atoms with Crippen molar-refractivity contribution in [2.24, 2.45) is 0 Å². The first-order chi connectivity index (χ1) is 16.6. The molecule has 6 heteroatoms. The summed E-state index contributed by atoms with van der Waals surface area (Å²) < 4.78 is 7.28. The highest BCUT2D eigenvalue weighted by molar-refractivity contribution is 5.57. The number of aryl methyl sites for hydroxylation is 1. The maximum atomic E-state index is 13.0. The minimum atomic E-state index is -0.674. The van der Waals surface area contributed by atoms with Gasteiger partial charge in [0.15, 0.2) is 0 Å². The Morgan fingerprint density at radius 1 is 0.794 bits per heavy atom. The summed E-state index contributed by atoms with van der Waals surface area (Å²) in [6.45, 7) is 4.43. The summed E-state index contributed by atoms with van der Waals surface area (Å²) >= 11 is 0. The number of para-hydroxylation sites is 1. The van der Waals surface area contributed by atoms with E-state index < -0.39 is 11.2 Å². The van der Waals surface area contributed by atoms with Crippen molar-refractivity contribution in [1.82, 2.24) is 14.5 Å².